The summed E-state index contributed by atoms with van der Waals surface area (Å²) in [5, 5.41) is 1.12. The highest BCUT2D eigenvalue weighted by Gasteiger charge is 2.25. The average molecular weight is 843 g/mol. The van der Waals surface area contributed by atoms with E-state index in [1.54, 1.807) is 60.7 Å². The van der Waals surface area contributed by atoms with Crippen LogP contribution in [0.1, 0.15) is 18.9 Å². The number of hydrogen-bond acceptors (Lipinski definition) is 13. The maximum atomic E-state index is 13.0. The van der Waals surface area contributed by atoms with E-state index in [0.717, 1.165) is 0 Å². The van der Waals surface area contributed by atoms with E-state index in [-0.39, 0.29) is 46.3 Å². The summed E-state index contributed by atoms with van der Waals surface area (Å²) < 4.78 is 133. The molecule has 3 aromatic rings. The minimum Gasteiger partial charge on any atom is -0.456 e. The summed E-state index contributed by atoms with van der Waals surface area (Å²) in [6.45, 7) is 1.34. The Morgan fingerprint density at radius 1 is 0.778 bits per heavy atom. The molecule has 0 saturated carbocycles. The van der Waals surface area contributed by atoms with Crippen LogP contribution in [0.15, 0.2) is 99.1 Å². The second kappa shape index (κ2) is 17.0. The minimum atomic E-state index is -4.77. The Balaban J connectivity index is 1.62. The van der Waals surface area contributed by atoms with Crippen LogP contribution < -0.4 is 9.93 Å². The van der Waals surface area contributed by atoms with Gasteiger partial charge in [0.15, 0.2) is 19.7 Å². The highest BCUT2D eigenvalue weighted by molar-refractivity contribution is 7.91. The van der Waals surface area contributed by atoms with Gasteiger partial charge in [0.05, 0.1) is 41.4 Å². The van der Waals surface area contributed by atoms with Gasteiger partial charge in [-0.2, -0.15) is 25.7 Å². The molecule has 20 heteroatoms. The number of hydrogen-bond donors (Lipinski definition) is 3. The van der Waals surface area contributed by atoms with Gasteiger partial charge in [-0.05, 0) is 49.6 Å². The molecule has 290 valence electrons. The molecular formula is C34H36NO14S5+. The maximum Gasteiger partial charge on any atom is 0.397 e. The van der Waals surface area contributed by atoms with Crippen molar-refractivity contribution in [2.45, 2.75) is 29.6 Å². The second-order valence-electron chi connectivity index (χ2n) is 11.9. The van der Waals surface area contributed by atoms with E-state index in [9.17, 15) is 38.2 Å². The largest absolute Gasteiger partial charge is 0.456 e. The van der Waals surface area contributed by atoms with E-state index in [4.69, 9.17) is 8.97 Å². The third kappa shape index (κ3) is 10.3. The zero-order chi connectivity index (χ0) is 39.3. The fourth-order valence-corrected chi connectivity index (χ4v) is 9.36. The first-order chi connectivity index (χ1) is 25.4. The van der Waals surface area contributed by atoms with Gasteiger partial charge in [-0.3, -0.25) is 9.11 Å². The van der Waals surface area contributed by atoms with Crippen molar-refractivity contribution in [1.82, 2.24) is 4.58 Å². The molecule has 3 aromatic carbocycles. The first kappa shape index (κ1) is 41.5. The van der Waals surface area contributed by atoms with Gasteiger partial charge >= 0.3 is 10.4 Å². The highest BCUT2D eigenvalue weighted by Crippen LogP contribution is 2.42. The molecular weight excluding hydrogens is 807 g/mol. The Hall–Kier alpha value is -3.70. The van der Waals surface area contributed by atoms with Crippen LogP contribution in [0, 0.1) is 0 Å². The molecule has 2 aliphatic rings. The number of rotatable bonds is 17. The van der Waals surface area contributed by atoms with Gasteiger partial charge in [-0.1, -0.05) is 36.4 Å². The number of sulfone groups is 2. The molecule has 5 rings (SSSR count). The zero-order valence-corrected chi connectivity index (χ0v) is 32.7. The van der Waals surface area contributed by atoms with Crippen LogP contribution in [-0.4, -0.2) is 79.8 Å². The standard InChI is InChI=1S/C34H35NO14S5/c1-2-35(25-8-5-9-27(22-25)52(38,39)20-16-46-49-50)26-13-15-29-32(23-26)48-31-21-24(7-6-18-51(36,37)19-17-47-54(43,44)45)12-14-28(31)34(29)30-10-3-4-11-33(30)53(40,41)42/h3-5,8-15,21-23H,2,6-7,16-20H2,1H3,(H2-,40,41,42,43,44,45,50)/p+1. The lowest BCUT2D eigenvalue weighted by atomic mass is 9.93. The average Bonchev–Trinajstić information content (AvgIpc) is 3.10. The van der Waals surface area contributed by atoms with E-state index in [0.29, 0.717) is 51.0 Å². The van der Waals surface area contributed by atoms with Crippen LogP contribution in [0.5, 0.6) is 0 Å². The monoisotopic (exact) mass is 842 g/mol. The quantitative estimate of drug-likeness (QED) is 0.0174. The fraction of sp³-hybridized carbons (Fsp3) is 0.265. The van der Waals surface area contributed by atoms with E-state index in [1.165, 1.54) is 24.3 Å². The molecule has 0 radical (unpaired) electrons. The molecule has 1 aliphatic heterocycles. The fourth-order valence-electron chi connectivity index (χ4n) is 5.96. The lowest BCUT2D eigenvalue weighted by molar-refractivity contribution is -0.182. The molecule has 15 nitrogen and oxygen atoms in total. The van der Waals surface area contributed by atoms with Gasteiger partial charge in [-0.25, -0.2) is 25.9 Å². The van der Waals surface area contributed by atoms with Gasteiger partial charge in [0.2, 0.25) is 11.0 Å². The normalized spacial score (nSPS) is 13.4. The zero-order valence-electron chi connectivity index (χ0n) is 28.6. The molecule has 0 bridgehead atoms. The second-order valence-corrected chi connectivity index (χ2v) is 19.0. The first-order valence-electron chi connectivity index (χ1n) is 16.2. The Labute approximate surface area is 318 Å². The topological polar surface area (TPSA) is 221 Å². The predicted molar refractivity (Wildman–Crippen MR) is 203 cm³/mol. The molecule has 0 unspecified atom stereocenters. The molecule has 0 saturated heterocycles. The number of fused-ring (bicyclic) bond motifs is 2. The van der Waals surface area contributed by atoms with Gasteiger partial charge < -0.3 is 4.42 Å². The van der Waals surface area contributed by atoms with E-state index in [2.05, 4.69) is 26.3 Å². The number of nitrogens with zero attached hydrogens (tertiary/aromatic N) is 1. The van der Waals surface area contributed by atoms with Gasteiger partial charge in [-0.15, -0.1) is 0 Å². The van der Waals surface area contributed by atoms with Crippen molar-refractivity contribution in [3.63, 3.8) is 0 Å². The molecule has 1 aliphatic carbocycles. The molecule has 54 heavy (non-hydrogen) atoms. The Kier molecular flexibility index (Phi) is 13.0. The SMILES string of the molecule is CC[N+](c1cccc(S(=O)(=O)CCOOS)c1)=c1ccc2c(-c3ccccc3S(=O)(=O)O)c3ccc(CCCS(=O)(=O)CCOS(=O)(=O)O)cc3oc-2c1. The summed E-state index contributed by atoms with van der Waals surface area (Å²) in [5.74, 6) is -0.925. The molecule has 1 heterocycles. The lowest BCUT2D eigenvalue weighted by Crippen LogP contribution is -2.25. The lowest BCUT2D eigenvalue weighted by Gasteiger charge is -2.17. The van der Waals surface area contributed by atoms with Crippen molar-refractivity contribution >= 4 is 69.8 Å². The molecule has 0 aromatic heterocycles. The summed E-state index contributed by atoms with van der Waals surface area (Å²) in [6, 6.07) is 22.7. The van der Waals surface area contributed by atoms with Crippen LogP contribution in [-0.2, 0) is 60.0 Å². The van der Waals surface area contributed by atoms with Crippen LogP contribution in [0.2, 0.25) is 0 Å². The van der Waals surface area contributed by atoms with Crippen molar-refractivity contribution in [1.29, 1.82) is 0 Å². The Bertz CT molecular complexity index is 2660. The highest BCUT2D eigenvalue weighted by atomic mass is 32.3. The van der Waals surface area contributed by atoms with E-state index in [1.807, 2.05) is 11.5 Å². The minimum absolute atomic E-state index is 0.0635. The summed E-state index contributed by atoms with van der Waals surface area (Å²) in [7, 11) is -16.9. The summed E-state index contributed by atoms with van der Waals surface area (Å²) in [4.78, 5) is 4.36. The molecule has 2 N–H and O–H groups in total. The van der Waals surface area contributed by atoms with Crippen molar-refractivity contribution in [2.75, 3.05) is 37.0 Å². The summed E-state index contributed by atoms with van der Waals surface area (Å²) in [6.07, 6.45) is 0.432. The summed E-state index contributed by atoms with van der Waals surface area (Å²) >= 11 is 3.45. The number of thiol groups is 1. The van der Waals surface area contributed by atoms with Gasteiger partial charge in [0, 0.05) is 53.2 Å². The van der Waals surface area contributed by atoms with Gasteiger partial charge in [0.1, 0.15) is 22.8 Å². The summed E-state index contributed by atoms with van der Waals surface area (Å²) in [5.41, 5.74) is 2.73. The van der Waals surface area contributed by atoms with E-state index >= 15 is 0 Å². The number of benzene rings is 4. The van der Waals surface area contributed by atoms with Crippen LogP contribution >= 0.6 is 12.9 Å². The van der Waals surface area contributed by atoms with Crippen LogP contribution in [0.4, 0.5) is 5.69 Å². The van der Waals surface area contributed by atoms with Crippen molar-refractivity contribution in [3.05, 3.63) is 95.8 Å². The first-order valence-corrected chi connectivity index (χ1v) is 22.8. The molecule has 0 atom stereocenters. The third-order valence-corrected chi connectivity index (χ3v) is 13.2. The molecule has 0 amide bonds. The number of aryl methyl sites for hydroxylation is 1. The predicted octanol–water partition coefficient (Wildman–Crippen LogP) is 4.31. The van der Waals surface area contributed by atoms with Crippen molar-refractivity contribution in [2.24, 2.45) is 0 Å². The molecule has 0 fully saturated rings. The Morgan fingerprint density at radius 2 is 1.54 bits per heavy atom. The maximum absolute atomic E-state index is 13.0. The van der Waals surface area contributed by atoms with Crippen LogP contribution in [0.3, 0.4) is 0 Å². The third-order valence-electron chi connectivity index (χ3n) is 8.36. The Morgan fingerprint density at radius 3 is 2.24 bits per heavy atom. The van der Waals surface area contributed by atoms with Gasteiger partial charge in [0.25, 0.3) is 10.1 Å². The molecule has 0 spiro atoms. The van der Waals surface area contributed by atoms with E-state index < -0.39 is 52.6 Å². The van der Waals surface area contributed by atoms with Crippen molar-refractivity contribution < 1.29 is 60.6 Å². The smallest absolute Gasteiger partial charge is 0.397 e. The van der Waals surface area contributed by atoms with Crippen LogP contribution in [0.25, 0.3) is 33.4 Å². The van der Waals surface area contributed by atoms with Crippen molar-refractivity contribution in [3.8, 4) is 22.5 Å².